The van der Waals surface area contributed by atoms with E-state index in [-0.39, 0.29) is 18.2 Å². The van der Waals surface area contributed by atoms with Crippen molar-refractivity contribution in [3.05, 3.63) is 27.4 Å². The predicted molar refractivity (Wildman–Crippen MR) is 79.2 cm³/mol. The van der Waals surface area contributed by atoms with Crippen LogP contribution in [0.4, 0.5) is 5.13 Å². The Morgan fingerprint density at radius 3 is 2.85 bits per heavy atom. The van der Waals surface area contributed by atoms with E-state index in [9.17, 15) is 9.59 Å². The van der Waals surface area contributed by atoms with Crippen LogP contribution < -0.4 is 10.6 Å². The number of anilines is 1. The maximum Gasteiger partial charge on any atom is 0.252 e. The van der Waals surface area contributed by atoms with Gasteiger partial charge in [-0.15, -0.1) is 10.2 Å². The van der Waals surface area contributed by atoms with Crippen molar-refractivity contribution < 1.29 is 9.59 Å². The number of aromatic nitrogens is 2. The minimum absolute atomic E-state index is 0.164. The van der Waals surface area contributed by atoms with Crippen LogP contribution in [-0.2, 0) is 11.2 Å². The molecule has 0 aromatic carbocycles. The van der Waals surface area contributed by atoms with E-state index in [1.165, 1.54) is 22.7 Å². The second-order valence-electron chi connectivity index (χ2n) is 3.92. The van der Waals surface area contributed by atoms with Gasteiger partial charge >= 0.3 is 0 Å². The van der Waals surface area contributed by atoms with Gasteiger partial charge in [-0.2, -0.15) is 11.3 Å². The highest BCUT2D eigenvalue weighted by molar-refractivity contribution is 7.15. The second-order valence-corrected chi connectivity index (χ2v) is 5.76. The number of carbonyl (C=O) groups is 2. The van der Waals surface area contributed by atoms with Crippen molar-refractivity contribution in [2.75, 3.05) is 11.9 Å². The van der Waals surface area contributed by atoms with Gasteiger partial charge in [-0.05, 0) is 17.9 Å². The van der Waals surface area contributed by atoms with Crippen LogP contribution in [-0.4, -0.2) is 28.6 Å². The molecule has 2 heterocycles. The fourth-order valence-corrected chi connectivity index (χ4v) is 2.75. The van der Waals surface area contributed by atoms with Crippen molar-refractivity contribution >= 4 is 39.6 Å². The number of hydrogen-bond acceptors (Lipinski definition) is 6. The number of thiophene rings is 1. The lowest BCUT2D eigenvalue weighted by Gasteiger charge is -2.03. The summed E-state index contributed by atoms with van der Waals surface area (Å²) in [6.07, 6.45) is 1.00. The van der Waals surface area contributed by atoms with Crippen molar-refractivity contribution in [3.63, 3.8) is 0 Å². The third-order valence-electron chi connectivity index (χ3n) is 2.44. The molecule has 0 bridgehead atoms. The Bertz CT molecular complexity index is 580. The SMILES string of the molecule is CCc1nnc(NC(=O)CCNC(=O)c2ccsc2)s1. The van der Waals surface area contributed by atoms with Gasteiger partial charge in [0.05, 0.1) is 0 Å². The number of nitrogens with zero attached hydrogens (tertiary/aromatic N) is 2. The standard InChI is InChI=1S/C12H14N4O2S2/c1-2-10-15-16-12(20-10)14-9(17)3-5-13-11(18)8-4-6-19-7-8/h4,6-7H,2-3,5H2,1H3,(H,13,18)(H,14,16,17). The average Bonchev–Trinajstić information content (AvgIpc) is 3.09. The first-order valence-corrected chi connectivity index (χ1v) is 7.87. The quantitative estimate of drug-likeness (QED) is 0.854. The fraction of sp³-hybridized carbons (Fsp3) is 0.333. The van der Waals surface area contributed by atoms with Crippen LogP contribution in [0.1, 0.15) is 28.7 Å². The van der Waals surface area contributed by atoms with E-state index >= 15 is 0 Å². The Kier molecular flexibility index (Phi) is 5.19. The summed E-state index contributed by atoms with van der Waals surface area (Å²) in [5.74, 6) is -0.349. The largest absolute Gasteiger partial charge is 0.351 e. The summed E-state index contributed by atoms with van der Waals surface area (Å²) in [7, 11) is 0. The molecule has 8 heteroatoms. The Balaban J connectivity index is 1.71. The van der Waals surface area contributed by atoms with E-state index in [1.54, 1.807) is 11.4 Å². The van der Waals surface area contributed by atoms with Crippen LogP contribution >= 0.6 is 22.7 Å². The molecule has 0 unspecified atom stereocenters. The lowest BCUT2D eigenvalue weighted by Crippen LogP contribution is -2.27. The van der Waals surface area contributed by atoms with Gasteiger partial charge in [-0.1, -0.05) is 18.3 Å². The number of nitrogens with one attached hydrogen (secondary N) is 2. The van der Waals surface area contributed by atoms with Crippen molar-refractivity contribution in [1.82, 2.24) is 15.5 Å². The zero-order valence-corrected chi connectivity index (χ0v) is 12.5. The molecule has 0 aliphatic heterocycles. The summed E-state index contributed by atoms with van der Waals surface area (Å²) < 4.78 is 0. The van der Waals surface area contributed by atoms with Gasteiger partial charge in [0.2, 0.25) is 11.0 Å². The Hall–Kier alpha value is -1.80. The molecule has 2 amide bonds. The minimum atomic E-state index is -0.186. The molecule has 0 aliphatic rings. The molecule has 0 fully saturated rings. The predicted octanol–water partition coefficient (Wildman–Crippen LogP) is 1.92. The van der Waals surface area contributed by atoms with Gasteiger partial charge in [-0.3, -0.25) is 9.59 Å². The van der Waals surface area contributed by atoms with Gasteiger partial charge in [0.1, 0.15) is 5.01 Å². The monoisotopic (exact) mass is 310 g/mol. The van der Waals surface area contributed by atoms with Crippen molar-refractivity contribution in [1.29, 1.82) is 0 Å². The lowest BCUT2D eigenvalue weighted by molar-refractivity contribution is -0.116. The van der Waals surface area contributed by atoms with E-state index in [0.717, 1.165) is 11.4 Å². The van der Waals surface area contributed by atoms with Gasteiger partial charge in [0.25, 0.3) is 5.91 Å². The van der Waals surface area contributed by atoms with Crippen molar-refractivity contribution in [3.8, 4) is 0 Å². The number of hydrogen-bond donors (Lipinski definition) is 2. The molecule has 20 heavy (non-hydrogen) atoms. The smallest absolute Gasteiger partial charge is 0.252 e. The molecule has 2 N–H and O–H groups in total. The Morgan fingerprint density at radius 1 is 1.35 bits per heavy atom. The van der Waals surface area contributed by atoms with Crippen LogP contribution in [0.3, 0.4) is 0 Å². The fourth-order valence-electron chi connectivity index (χ4n) is 1.41. The first kappa shape index (κ1) is 14.6. The zero-order valence-electron chi connectivity index (χ0n) is 10.9. The normalized spacial score (nSPS) is 10.2. The van der Waals surface area contributed by atoms with Crippen molar-refractivity contribution in [2.24, 2.45) is 0 Å². The summed E-state index contributed by atoms with van der Waals surface area (Å²) >= 11 is 2.82. The van der Waals surface area contributed by atoms with E-state index in [0.29, 0.717) is 17.2 Å². The maximum absolute atomic E-state index is 11.7. The topological polar surface area (TPSA) is 84.0 Å². The highest BCUT2D eigenvalue weighted by Gasteiger charge is 2.09. The molecule has 0 radical (unpaired) electrons. The molecule has 0 saturated carbocycles. The zero-order chi connectivity index (χ0) is 14.4. The molecule has 2 rings (SSSR count). The average molecular weight is 310 g/mol. The molecular formula is C12H14N4O2S2. The van der Waals surface area contributed by atoms with Crippen LogP contribution in [0.5, 0.6) is 0 Å². The minimum Gasteiger partial charge on any atom is -0.351 e. The third kappa shape index (κ3) is 4.10. The maximum atomic E-state index is 11.7. The van der Waals surface area contributed by atoms with E-state index in [2.05, 4.69) is 20.8 Å². The van der Waals surface area contributed by atoms with Crippen LogP contribution in [0.15, 0.2) is 16.8 Å². The Labute approximate surface area is 124 Å². The van der Waals surface area contributed by atoms with Gasteiger partial charge < -0.3 is 10.6 Å². The van der Waals surface area contributed by atoms with Gasteiger partial charge in [0.15, 0.2) is 0 Å². The molecule has 0 atom stereocenters. The number of rotatable bonds is 6. The first-order chi connectivity index (χ1) is 9.69. The molecule has 0 aliphatic carbocycles. The lowest BCUT2D eigenvalue weighted by atomic mass is 10.3. The molecule has 0 spiro atoms. The molecule has 2 aromatic rings. The van der Waals surface area contributed by atoms with Crippen LogP contribution in [0, 0.1) is 0 Å². The van der Waals surface area contributed by atoms with E-state index in [4.69, 9.17) is 0 Å². The van der Waals surface area contributed by atoms with E-state index in [1.807, 2.05) is 12.3 Å². The highest BCUT2D eigenvalue weighted by atomic mass is 32.1. The summed E-state index contributed by atoms with van der Waals surface area (Å²) in [5.41, 5.74) is 0.618. The molecule has 6 nitrogen and oxygen atoms in total. The number of carbonyl (C=O) groups excluding carboxylic acids is 2. The summed E-state index contributed by atoms with van der Waals surface area (Å²) in [6.45, 7) is 2.27. The van der Waals surface area contributed by atoms with Crippen molar-refractivity contribution in [2.45, 2.75) is 19.8 Å². The van der Waals surface area contributed by atoms with Gasteiger partial charge in [-0.25, -0.2) is 0 Å². The summed E-state index contributed by atoms with van der Waals surface area (Å²) in [5, 5.41) is 18.1. The summed E-state index contributed by atoms with van der Waals surface area (Å²) in [4.78, 5) is 23.3. The Morgan fingerprint density at radius 2 is 2.20 bits per heavy atom. The highest BCUT2D eigenvalue weighted by Crippen LogP contribution is 2.15. The molecule has 106 valence electrons. The summed E-state index contributed by atoms with van der Waals surface area (Å²) in [6, 6.07) is 1.74. The first-order valence-electron chi connectivity index (χ1n) is 6.11. The van der Waals surface area contributed by atoms with Crippen LogP contribution in [0.2, 0.25) is 0 Å². The molecule has 0 saturated heterocycles. The third-order valence-corrected chi connectivity index (χ3v) is 4.10. The molecular weight excluding hydrogens is 296 g/mol. The number of aryl methyl sites for hydroxylation is 1. The second kappa shape index (κ2) is 7.11. The van der Waals surface area contributed by atoms with Crippen LogP contribution in [0.25, 0.3) is 0 Å². The van der Waals surface area contributed by atoms with Gasteiger partial charge in [0, 0.05) is 23.9 Å². The molecule has 2 aromatic heterocycles. The number of amides is 2. The van der Waals surface area contributed by atoms with E-state index < -0.39 is 0 Å².